The molecule has 11 nitrogen and oxygen atoms in total. The Morgan fingerprint density at radius 2 is 1.81 bits per heavy atom. The number of allylic oxidation sites excluding steroid dienone is 1. The maximum Gasteiger partial charge on any atom is 0.313 e. The van der Waals surface area contributed by atoms with Crippen LogP contribution in [0.3, 0.4) is 0 Å². The molecule has 2 bridgehead atoms. The van der Waals surface area contributed by atoms with Crippen molar-refractivity contribution in [2.75, 3.05) is 31.7 Å². The van der Waals surface area contributed by atoms with Crippen molar-refractivity contribution in [3.63, 3.8) is 0 Å². The zero-order valence-corrected chi connectivity index (χ0v) is 31.5. The molecule has 12 heteroatoms. The van der Waals surface area contributed by atoms with E-state index < -0.39 is 47.7 Å². The Labute approximate surface area is 314 Å². The fourth-order valence-electron chi connectivity index (χ4n) is 7.97. The number of hydrogen-bond donors (Lipinski definition) is 2. The molecule has 3 saturated heterocycles. The minimum absolute atomic E-state index is 0.0834. The summed E-state index contributed by atoms with van der Waals surface area (Å²) in [5, 5.41) is 12.3. The molecule has 0 radical (unpaired) electrons. The monoisotopic (exact) mass is 779 g/mol. The van der Waals surface area contributed by atoms with E-state index in [1.807, 2.05) is 30.3 Å². The Hall–Kier alpha value is -4.00. The molecule has 3 aliphatic rings. The summed E-state index contributed by atoms with van der Waals surface area (Å²) >= 11 is 3.75. The van der Waals surface area contributed by atoms with Crippen molar-refractivity contribution in [2.24, 2.45) is 11.8 Å². The predicted octanol–water partition coefficient (Wildman–Crippen LogP) is 5.27. The van der Waals surface area contributed by atoms with Gasteiger partial charge in [-0.2, -0.15) is 0 Å². The third kappa shape index (κ3) is 7.99. The second-order valence-electron chi connectivity index (χ2n) is 13.7. The number of alkyl halides is 1. The molecule has 8 atom stereocenters. The fourth-order valence-corrected chi connectivity index (χ4v) is 8.91. The molecular weight excluding hydrogens is 730 g/mol. The molecule has 3 fully saturated rings. The number of methoxy groups -OCH3 is 1. The molecule has 280 valence electrons. The number of halogens is 1. The van der Waals surface area contributed by atoms with Crippen LogP contribution >= 0.6 is 15.9 Å². The average Bonchev–Trinajstić information content (AvgIpc) is 3.74. The smallest absolute Gasteiger partial charge is 0.313 e. The van der Waals surface area contributed by atoms with Gasteiger partial charge in [0.1, 0.15) is 23.5 Å². The van der Waals surface area contributed by atoms with Crippen LogP contribution in [-0.4, -0.2) is 89.1 Å². The van der Waals surface area contributed by atoms with Gasteiger partial charge in [0.2, 0.25) is 11.8 Å². The van der Waals surface area contributed by atoms with Gasteiger partial charge in [0.15, 0.2) is 0 Å². The first-order valence-electron chi connectivity index (χ1n) is 18.1. The molecule has 1 spiro atoms. The number of carbonyl (C=O) groups is 4. The minimum atomic E-state index is -1.29. The van der Waals surface area contributed by atoms with E-state index >= 15 is 0 Å². The first kappa shape index (κ1) is 39.2. The van der Waals surface area contributed by atoms with E-state index in [1.54, 1.807) is 60.3 Å². The SMILES string of the molecule is C=CCCC(=O)N[C@H](C)[C@@H](OC(=O)[C@H]1[C@@H]2O[C@@]3(CC2Br)[C@@H]1C(=O)N(CCCCCCO)[C@@H]3C(=O)N(CC=C)c1ccc(OC)cc1)c1ccccc1. The van der Waals surface area contributed by atoms with Crippen LogP contribution in [0.2, 0.25) is 0 Å². The van der Waals surface area contributed by atoms with E-state index in [-0.39, 0.29) is 48.7 Å². The van der Waals surface area contributed by atoms with E-state index in [9.17, 15) is 24.3 Å². The molecule has 0 aromatic heterocycles. The largest absolute Gasteiger partial charge is 0.497 e. The minimum Gasteiger partial charge on any atom is -0.497 e. The third-order valence-electron chi connectivity index (χ3n) is 10.4. The van der Waals surface area contributed by atoms with Gasteiger partial charge in [0.05, 0.1) is 31.1 Å². The van der Waals surface area contributed by atoms with E-state index in [1.165, 1.54) is 0 Å². The van der Waals surface area contributed by atoms with Gasteiger partial charge < -0.3 is 34.4 Å². The molecule has 2 aromatic carbocycles. The number of carbonyl (C=O) groups excluding carboxylic acids is 4. The van der Waals surface area contributed by atoms with Crippen molar-refractivity contribution in [1.29, 1.82) is 0 Å². The lowest BCUT2D eigenvalue weighted by Gasteiger charge is -2.37. The third-order valence-corrected chi connectivity index (χ3v) is 11.2. The van der Waals surface area contributed by atoms with Crippen LogP contribution in [0.25, 0.3) is 0 Å². The second kappa shape index (κ2) is 17.7. The number of ether oxygens (including phenoxy) is 3. The summed E-state index contributed by atoms with van der Waals surface area (Å²) in [5.41, 5.74) is 0.00603. The lowest BCUT2D eigenvalue weighted by atomic mass is 9.70. The van der Waals surface area contributed by atoms with Crippen molar-refractivity contribution in [3.05, 3.63) is 85.5 Å². The summed E-state index contributed by atoms with van der Waals surface area (Å²) in [5.74, 6) is -2.79. The molecule has 52 heavy (non-hydrogen) atoms. The number of aliphatic hydroxyl groups is 1. The van der Waals surface area contributed by atoms with Gasteiger partial charge in [0, 0.05) is 36.6 Å². The van der Waals surface area contributed by atoms with Gasteiger partial charge >= 0.3 is 5.97 Å². The normalized spacial score (nSPS) is 25.6. The number of fused-ring (bicyclic) bond motifs is 1. The molecule has 5 rings (SSSR count). The van der Waals surface area contributed by atoms with E-state index in [0.29, 0.717) is 42.7 Å². The number of esters is 1. The van der Waals surface area contributed by atoms with Gasteiger partial charge in [-0.05, 0) is 62.4 Å². The Bertz CT molecular complexity index is 1590. The summed E-state index contributed by atoms with van der Waals surface area (Å²) in [6.07, 6.45) is 5.63. The van der Waals surface area contributed by atoms with Crippen LogP contribution in [0.4, 0.5) is 5.69 Å². The number of unbranched alkanes of at least 4 members (excludes halogenated alkanes) is 3. The van der Waals surface area contributed by atoms with Gasteiger partial charge in [-0.15, -0.1) is 13.2 Å². The van der Waals surface area contributed by atoms with E-state index in [0.717, 1.165) is 12.8 Å². The zero-order chi connectivity index (χ0) is 37.4. The number of benzene rings is 2. The summed E-state index contributed by atoms with van der Waals surface area (Å²) in [6.45, 7) is 9.91. The van der Waals surface area contributed by atoms with Crippen LogP contribution in [-0.2, 0) is 28.7 Å². The molecule has 2 aromatic rings. The number of likely N-dealkylation sites (tertiary alicyclic amines) is 1. The molecule has 3 aliphatic heterocycles. The molecule has 2 N–H and O–H groups in total. The van der Waals surface area contributed by atoms with E-state index in [4.69, 9.17) is 14.2 Å². The van der Waals surface area contributed by atoms with Crippen molar-refractivity contribution < 1.29 is 38.5 Å². The number of nitrogens with zero attached hydrogens (tertiary/aromatic N) is 2. The van der Waals surface area contributed by atoms with Gasteiger partial charge in [-0.3, -0.25) is 19.2 Å². The standard InChI is InChI=1S/C40H50BrN3O8/c1-5-7-17-31(46)42-26(3)34(27-15-11-10-12-16-27)51-39(49)32-33-37(47)44(23-13-8-9-14-24-45)36(40(33)25-30(41)35(32)52-40)38(48)43(22-6-2)28-18-20-29(50-4)21-19-28/h5-6,10-12,15-16,18-21,26,30,32-36,45H,1-2,7-9,13-14,17,22-25H2,3-4H3,(H,42,46)/t26-,30?,32-,33+,34-,35-,36-,40+/m1/s1. The first-order chi connectivity index (χ1) is 25.1. The first-order valence-corrected chi connectivity index (χ1v) is 19.0. The Kier molecular flexibility index (Phi) is 13.3. The van der Waals surface area contributed by atoms with Crippen LogP contribution in [0.1, 0.15) is 63.5 Å². The van der Waals surface area contributed by atoms with Crippen molar-refractivity contribution >= 4 is 45.3 Å². The number of aliphatic hydroxyl groups excluding tert-OH is 1. The maximum absolute atomic E-state index is 14.9. The molecule has 0 aliphatic carbocycles. The topological polar surface area (TPSA) is 135 Å². The highest BCUT2D eigenvalue weighted by molar-refractivity contribution is 9.09. The van der Waals surface area contributed by atoms with Crippen molar-refractivity contribution in [2.45, 2.75) is 86.6 Å². The number of amides is 3. The average molecular weight is 781 g/mol. The highest BCUT2D eigenvalue weighted by Gasteiger charge is 2.77. The van der Waals surface area contributed by atoms with Gasteiger partial charge in [-0.25, -0.2) is 0 Å². The number of anilines is 1. The molecular formula is C40H50BrN3O8. The summed E-state index contributed by atoms with van der Waals surface area (Å²) in [6, 6.07) is 14.7. The quantitative estimate of drug-likeness (QED) is 0.0853. The molecule has 0 saturated carbocycles. The summed E-state index contributed by atoms with van der Waals surface area (Å²) in [4.78, 5) is 59.6. The van der Waals surface area contributed by atoms with Crippen molar-refractivity contribution in [1.82, 2.24) is 10.2 Å². The number of hydrogen-bond acceptors (Lipinski definition) is 8. The molecule has 1 unspecified atom stereocenters. The van der Waals surface area contributed by atoms with Crippen molar-refractivity contribution in [3.8, 4) is 5.75 Å². The Morgan fingerprint density at radius 3 is 2.46 bits per heavy atom. The second-order valence-corrected chi connectivity index (χ2v) is 14.9. The van der Waals surface area contributed by atoms with Gasteiger partial charge in [-0.1, -0.05) is 71.3 Å². The van der Waals surface area contributed by atoms with Crippen LogP contribution in [0, 0.1) is 11.8 Å². The Balaban J connectivity index is 1.49. The summed E-state index contributed by atoms with van der Waals surface area (Å²) < 4.78 is 18.4. The zero-order valence-electron chi connectivity index (χ0n) is 30.0. The highest BCUT2D eigenvalue weighted by atomic mass is 79.9. The molecule has 3 amide bonds. The highest BCUT2D eigenvalue weighted by Crippen LogP contribution is 2.60. The maximum atomic E-state index is 14.9. The fraction of sp³-hybridized carbons (Fsp3) is 0.500. The van der Waals surface area contributed by atoms with E-state index in [2.05, 4.69) is 34.4 Å². The summed E-state index contributed by atoms with van der Waals surface area (Å²) in [7, 11) is 1.57. The lowest BCUT2D eigenvalue weighted by Crippen LogP contribution is -2.57. The lowest BCUT2D eigenvalue weighted by molar-refractivity contribution is -0.162. The number of rotatable bonds is 19. The van der Waals surface area contributed by atoms with Gasteiger partial charge in [0.25, 0.3) is 5.91 Å². The van der Waals surface area contributed by atoms with Crippen LogP contribution in [0.5, 0.6) is 5.75 Å². The van der Waals surface area contributed by atoms with Crippen LogP contribution < -0.4 is 15.0 Å². The number of nitrogens with one attached hydrogen (secondary N) is 1. The Morgan fingerprint density at radius 1 is 1.10 bits per heavy atom. The molecule has 3 heterocycles. The predicted molar refractivity (Wildman–Crippen MR) is 201 cm³/mol. The van der Waals surface area contributed by atoms with Crippen LogP contribution in [0.15, 0.2) is 79.9 Å².